The highest BCUT2D eigenvalue weighted by Gasteiger charge is 2.46. The van der Waals surface area contributed by atoms with Crippen molar-refractivity contribution in [3.8, 4) is 5.75 Å². The second kappa shape index (κ2) is 9.31. The molecule has 1 atom stereocenters. The Bertz CT molecular complexity index is 999. The molecule has 6 nitrogen and oxygen atoms in total. The van der Waals surface area contributed by atoms with Crippen molar-refractivity contribution < 1.29 is 23.8 Å². The second-order valence-electron chi connectivity index (χ2n) is 8.01. The molecule has 1 heterocycles. The molecule has 2 aromatic rings. The van der Waals surface area contributed by atoms with Crippen LogP contribution in [-0.2, 0) is 9.59 Å². The maximum atomic E-state index is 13.4. The fourth-order valence-electron chi connectivity index (χ4n) is 3.57. The van der Waals surface area contributed by atoms with Crippen LogP contribution in [0.5, 0.6) is 5.75 Å². The molecule has 0 bridgehead atoms. The Kier molecular flexibility index (Phi) is 6.75. The van der Waals surface area contributed by atoms with Crippen molar-refractivity contribution >= 4 is 17.4 Å². The number of Topliss-reactive ketones (excluding diaryl/α,β-unsaturated/α-hetero) is 1. The van der Waals surface area contributed by atoms with Gasteiger partial charge in [0.05, 0.1) is 17.7 Å². The number of carbonyl (C=O) groups is 2. The quantitative estimate of drug-likeness (QED) is 0.416. The van der Waals surface area contributed by atoms with Crippen molar-refractivity contribution in [2.45, 2.75) is 26.0 Å². The van der Waals surface area contributed by atoms with Crippen LogP contribution in [-0.4, -0.2) is 59.9 Å². The number of rotatable bonds is 7. The topological polar surface area (TPSA) is 70.1 Å². The summed E-state index contributed by atoms with van der Waals surface area (Å²) in [6, 6.07) is 11.5. The zero-order valence-corrected chi connectivity index (χ0v) is 18.1. The van der Waals surface area contributed by atoms with Gasteiger partial charge in [-0.05, 0) is 58.3 Å². The molecule has 1 aliphatic rings. The first-order chi connectivity index (χ1) is 14.7. The number of hydrogen-bond acceptors (Lipinski definition) is 5. The van der Waals surface area contributed by atoms with Crippen LogP contribution in [0.3, 0.4) is 0 Å². The molecule has 1 amide bonds. The van der Waals surface area contributed by atoms with Gasteiger partial charge in [0.25, 0.3) is 11.7 Å². The number of ketones is 1. The number of para-hydroxylation sites is 1. The van der Waals surface area contributed by atoms with E-state index in [0.29, 0.717) is 24.4 Å². The van der Waals surface area contributed by atoms with Crippen LogP contribution >= 0.6 is 0 Å². The Morgan fingerprint density at radius 2 is 1.77 bits per heavy atom. The number of benzene rings is 2. The zero-order valence-electron chi connectivity index (χ0n) is 18.1. The van der Waals surface area contributed by atoms with Gasteiger partial charge in [-0.15, -0.1) is 0 Å². The molecular formula is C24H27FN2O4. The van der Waals surface area contributed by atoms with Crippen molar-refractivity contribution in [2.24, 2.45) is 0 Å². The predicted molar refractivity (Wildman–Crippen MR) is 116 cm³/mol. The van der Waals surface area contributed by atoms with E-state index in [1.54, 1.807) is 18.2 Å². The molecule has 0 saturated carbocycles. The average molecular weight is 426 g/mol. The average Bonchev–Trinajstić information content (AvgIpc) is 2.96. The first-order valence-corrected chi connectivity index (χ1v) is 10.2. The summed E-state index contributed by atoms with van der Waals surface area (Å²) in [4.78, 5) is 29.3. The van der Waals surface area contributed by atoms with E-state index >= 15 is 0 Å². The monoisotopic (exact) mass is 426 g/mol. The number of aliphatic hydroxyl groups excluding tert-OH is 1. The van der Waals surface area contributed by atoms with Crippen LogP contribution in [0.4, 0.5) is 4.39 Å². The van der Waals surface area contributed by atoms with E-state index < -0.39 is 23.5 Å². The van der Waals surface area contributed by atoms with Crippen molar-refractivity contribution in [1.29, 1.82) is 0 Å². The molecule has 1 unspecified atom stereocenters. The van der Waals surface area contributed by atoms with Crippen LogP contribution in [0.15, 0.2) is 54.1 Å². The molecule has 1 saturated heterocycles. The van der Waals surface area contributed by atoms with Gasteiger partial charge in [-0.3, -0.25) is 9.59 Å². The lowest BCUT2D eigenvalue weighted by Gasteiger charge is -2.28. The van der Waals surface area contributed by atoms with Gasteiger partial charge in [0.15, 0.2) is 0 Å². The fourth-order valence-corrected chi connectivity index (χ4v) is 3.57. The molecule has 3 rings (SSSR count). The summed E-state index contributed by atoms with van der Waals surface area (Å²) in [5.74, 6) is -1.73. The van der Waals surface area contributed by atoms with Gasteiger partial charge in [-0.1, -0.05) is 18.2 Å². The third-order valence-corrected chi connectivity index (χ3v) is 5.02. The van der Waals surface area contributed by atoms with E-state index in [2.05, 4.69) is 0 Å². The number of aliphatic hydroxyl groups is 1. The van der Waals surface area contributed by atoms with Crippen LogP contribution in [0.2, 0.25) is 0 Å². The molecule has 164 valence electrons. The van der Waals surface area contributed by atoms with Gasteiger partial charge in [0.1, 0.15) is 17.3 Å². The minimum Gasteiger partial charge on any atom is -0.507 e. The van der Waals surface area contributed by atoms with Crippen LogP contribution in [0, 0.1) is 5.82 Å². The summed E-state index contributed by atoms with van der Waals surface area (Å²) in [5.41, 5.74) is 0.840. The number of nitrogens with zero attached hydrogens (tertiary/aromatic N) is 2. The molecule has 1 fully saturated rings. The number of ether oxygens (including phenoxy) is 1. The second-order valence-corrected chi connectivity index (χ2v) is 8.01. The van der Waals surface area contributed by atoms with Gasteiger partial charge >= 0.3 is 0 Å². The number of carbonyl (C=O) groups excluding carboxylic acids is 2. The number of hydrogen-bond donors (Lipinski definition) is 1. The lowest BCUT2D eigenvalue weighted by Crippen LogP contribution is -2.35. The van der Waals surface area contributed by atoms with Crippen molar-refractivity contribution in [3.05, 3.63) is 71.0 Å². The Labute approximate surface area is 181 Å². The number of halogens is 1. The summed E-state index contributed by atoms with van der Waals surface area (Å²) in [6.07, 6.45) is -0.123. The maximum Gasteiger partial charge on any atom is 0.295 e. The first-order valence-electron chi connectivity index (χ1n) is 10.2. The van der Waals surface area contributed by atoms with Gasteiger partial charge in [-0.2, -0.15) is 0 Å². The van der Waals surface area contributed by atoms with Gasteiger partial charge in [0.2, 0.25) is 0 Å². The number of likely N-dealkylation sites (N-methyl/N-ethyl adjacent to an activating group) is 1. The van der Waals surface area contributed by atoms with Crippen molar-refractivity contribution in [1.82, 2.24) is 9.80 Å². The van der Waals surface area contributed by atoms with Crippen LogP contribution < -0.4 is 4.74 Å². The largest absolute Gasteiger partial charge is 0.507 e. The molecule has 7 heteroatoms. The van der Waals surface area contributed by atoms with E-state index in [4.69, 9.17) is 4.74 Å². The lowest BCUT2D eigenvalue weighted by atomic mass is 9.94. The van der Waals surface area contributed by atoms with E-state index in [1.165, 1.54) is 29.2 Å². The standard InChI is InChI=1S/C24H27FN2O4/c1-15(2)31-19-8-6-5-7-18(19)21-20(22(28)16-9-11-17(25)12-10-16)23(29)24(30)27(21)14-13-26(3)4/h5-12,15,21,28H,13-14H2,1-4H3/b22-20-. The van der Waals surface area contributed by atoms with Gasteiger partial charge < -0.3 is 19.6 Å². The molecule has 1 N–H and O–H groups in total. The number of likely N-dealkylation sites (tertiary alicyclic amines) is 1. The Hall–Kier alpha value is -3.19. The van der Waals surface area contributed by atoms with Crippen molar-refractivity contribution in [3.63, 3.8) is 0 Å². The highest BCUT2D eigenvalue weighted by Crippen LogP contribution is 2.42. The molecule has 1 aliphatic heterocycles. The third kappa shape index (κ3) is 4.77. The maximum absolute atomic E-state index is 13.4. The molecule has 0 radical (unpaired) electrons. The van der Waals surface area contributed by atoms with E-state index in [1.807, 2.05) is 38.9 Å². The summed E-state index contributed by atoms with van der Waals surface area (Å²) in [5, 5.41) is 11.0. The Morgan fingerprint density at radius 3 is 2.39 bits per heavy atom. The number of amides is 1. The predicted octanol–water partition coefficient (Wildman–Crippen LogP) is 3.60. The smallest absolute Gasteiger partial charge is 0.295 e. The molecular weight excluding hydrogens is 399 g/mol. The lowest BCUT2D eigenvalue weighted by molar-refractivity contribution is -0.140. The van der Waals surface area contributed by atoms with Gasteiger partial charge in [-0.25, -0.2) is 4.39 Å². The Morgan fingerprint density at radius 1 is 1.13 bits per heavy atom. The highest BCUT2D eigenvalue weighted by molar-refractivity contribution is 6.46. The summed E-state index contributed by atoms with van der Waals surface area (Å²) < 4.78 is 19.3. The molecule has 0 spiro atoms. The molecule has 0 aliphatic carbocycles. The summed E-state index contributed by atoms with van der Waals surface area (Å²) >= 11 is 0. The van der Waals surface area contributed by atoms with Crippen LogP contribution in [0.25, 0.3) is 5.76 Å². The molecule has 0 aromatic heterocycles. The molecule has 31 heavy (non-hydrogen) atoms. The minimum absolute atomic E-state index is 0.0322. The molecule has 2 aromatic carbocycles. The zero-order chi connectivity index (χ0) is 22.7. The van der Waals surface area contributed by atoms with E-state index in [9.17, 15) is 19.1 Å². The fraction of sp³-hybridized carbons (Fsp3) is 0.333. The normalized spacial score (nSPS) is 18.3. The first kappa shape index (κ1) is 22.5. The van der Waals surface area contributed by atoms with Crippen molar-refractivity contribution in [2.75, 3.05) is 27.2 Å². The minimum atomic E-state index is -0.819. The SMILES string of the molecule is CC(C)Oc1ccccc1C1/C(=C(/O)c2ccc(F)cc2)C(=O)C(=O)N1CCN(C)C. The van der Waals surface area contributed by atoms with E-state index in [-0.39, 0.29) is 23.0 Å². The van der Waals surface area contributed by atoms with Gasteiger partial charge in [0, 0.05) is 24.2 Å². The third-order valence-electron chi connectivity index (χ3n) is 5.02. The van der Waals surface area contributed by atoms with Crippen LogP contribution in [0.1, 0.15) is 31.0 Å². The van der Waals surface area contributed by atoms with E-state index in [0.717, 1.165) is 0 Å². The summed E-state index contributed by atoms with van der Waals surface area (Å²) in [7, 11) is 3.75. The highest BCUT2D eigenvalue weighted by atomic mass is 19.1. The summed E-state index contributed by atoms with van der Waals surface area (Å²) in [6.45, 7) is 4.60. The Balaban J connectivity index is 2.19.